The monoisotopic (exact) mass is 340 g/mol. The average molecular weight is 340 g/mol. The van der Waals surface area contributed by atoms with Crippen LogP contribution < -0.4 is 4.74 Å². The molecule has 1 aliphatic rings. The normalized spacial score (nSPS) is 15.2. The maximum absolute atomic E-state index is 12.3. The van der Waals surface area contributed by atoms with E-state index in [1.54, 1.807) is 10.9 Å². The minimum atomic E-state index is 0.0439. The third kappa shape index (κ3) is 4.48. The molecule has 1 aliphatic heterocycles. The van der Waals surface area contributed by atoms with Crippen LogP contribution in [-0.2, 0) is 11.3 Å². The Kier molecular flexibility index (Phi) is 5.50. The number of benzene rings is 1. The Morgan fingerprint density at radius 2 is 2.04 bits per heavy atom. The molecule has 1 fully saturated rings. The van der Waals surface area contributed by atoms with Crippen molar-refractivity contribution in [3.8, 4) is 5.75 Å². The van der Waals surface area contributed by atoms with Gasteiger partial charge in [-0.05, 0) is 18.6 Å². The second-order valence-electron chi connectivity index (χ2n) is 6.22. The Hall–Kier alpha value is -2.60. The van der Waals surface area contributed by atoms with Gasteiger partial charge in [-0.1, -0.05) is 24.8 Å². The lowest BCUT2D eigenvalue weighted by atomic mass is 10.2. The minimum absolute atomic E-state index is 0.0439. The summed E-state index contributed by atoms with van der Waals surface area (Å²) >= 11 is 0. The molecule has 6 nitrogen and oxygen atoms in total. The molecule has 0 bridgehead atoms. The first-order valence-electron chi connectivity index (χ1n) is 8.50. The lowest BCUT2D eigenvalue weighted by Crippen LogP contribution is -2.49. The van der Waals surface area contributed by atoms with Crippen molar-refractivity contribution in [2.24, 2.45) is 0 Å². The van der Waals surface area contributed by atoms with Crippen LogP contribution in [0.5, 0.6) is 5.75 Å². The molecule has 2 heterocycles. The predicted octanol–water partition coefficient (Wildman–Crippen LogP) is 2.02. The van der Waals surface area contributed by atoms with E-state index in [2.05, 4.69) is 16.6 Å². The van der Waals surface area contributed by atoms with Gasteiger partial charge in [0.15, 0.2) is 6.61 Å². The van der Waals surface area contributed by atoms with Crippen molar-refractivity contribution < 1.29 is 9.53 Å². The van der Waals surface area contributed by atoms with Crippen LogP contribution in [0.4, 0.5) is 0 Å². The number of amides is 1. The van der Waals surface area contributed by atoms with Crippen LogP contribution in [-0.4, -0.2) is 58.3 Å². The number of piperazine rings is 1. The Morgan fingerprint density at radius 1 is 1.28 bits per heavy atom. The molecule has 3 rings (SSSR count). The van der Waals surface area contributed by atoms with Crippen molar-refractivity contribution in [2.45, 2.75) is 13.5 Å². The molecule has 1 amide bonds. The Morgan fingerprint density at radius 3 is 2.72 bits per heavy atom. The zero-order chi connectivity index (χ0) is 17.6. The molecule has 0 atom stereocenters. The summed E-state index contributed by atoms with van der Waals surface area (Å²) in [6.45, 7) is 9.78. The fraction of sp³-hybridized carbons (Fsp3) is 0.368. The fourth-order valence-corrected chi connectivity index (χ4v) is 2.92. The number of aromatic nitrogens is 2. The number of aryl methyl sites for hydroxylation is 1. The summed E-state index contributed by atoms with van der Waals surface area (Å²) < 4.78 is 7.37. The number of carbonyl (C=O) groups excluding carboxylic acids is 1. The molecular formula is C19H24N4O2. The van der Waals surface area contributed by atoms with E-state index in [9.17, 15) is 4.79 Å². The second-order valence-corrected chi connectivity index (χ2v) is 6.22. The van der Waals surface area contributed by atoms with Crippen LogP contribution in [0, 0.1) is 6.92 Å². The Balaban J connectivity index is 1.44. The molecule has 0 N–H and O–H groups in total. The molecule has 0 unspecified atom stereocenters. The number of ether oxygens (including phenoxy) is 1. The number of carbonyl (C=O) groups is 1. The van der Waals surface area contributed by atoms with Gasteiger partial charge in [-0.3, -0.25) is 9.69 Å². The van der Waals surface area contributed by atoms with Gasteiger partial charge in [-0.15, -0.1) is 0 Å². The number of rotatable bonds is 6. The van der Waals surface area contributed by atoms with Crippen LogP contribution in [0.2, 0.25) is 0 Å². The molecule has 0 radical (unpaired) electrons. The van der Waals surface area contributed by atoms with Crippen LogP contribution in [0.3, 0.4) is 0 Å². The summed E-state index contributed by atoms with van der Waals surface area (Å²) in [6, 6.07) is 7.75. The first kappa shape index (κ1) is 17.2. The largest absolute Gasteiger partial charge is 0.484 e. The Labute approximate surface area is 148 Å². The van der Waals surface area contributed by atoms with Gasteiger partial charge in [0.05, 0.1) is 6.20 Å². The standard InChI is InChI=1S/C19H24N4O2/c1-3-23-14-17(12-20-23)13-21-8-10-22(11-9-21)19(24)15-25-18-7-5-4-6-16(18)2/h3-7,12,14H,1,8-11,13,15H2,2H3. The van der Waals surface area contributed by atoms with Crippen LogP contribution >= 0.6 is 0 Å². The van der Waals surface area contributed by atoms with E-state index in [1.165, 1.54) is 0 Å². The summed E-state index contributed by atoms with van der Waals surface area (Å²) in [7, 11) is 0. The van der Waals surface area contributed by atoms with E-state index in [0.717, 1.165) is 49.6 Å². The molecule has 132 valence electrons. The van der Waals surface area contributed by atoms with Gasteiger partial charge in [0.1, 0.15) is 5.75 Å². The van der Waals surface area contributed by atoms with Crippen molar-refractivity contribution >= 4 is 12.1 Å². The second kappa shape index (κ2) is 7.98. The predicted molar refractivity (Wildman–Crippen MR) is 97.1 cm³/mol. The lowest BCUT2D eigenvalue weighted by Gasteiger charge is -2.34. The minimum Gasteiger partial charge on any atom is -0.484 e. The Bertz CT molecular complexity index is 733. The highest BCUT2D eigenvalue weighted by molar-refractivity contribution is 5.78. The zero-order valence-corrected chi connectivity index (χ0v) is 14.6. The molecule has 0 aliphatic carbocycles. The third-order valence-electron chi connectivity index (χ3n) is 4.42. The molecule has 1 aromatic carbocycles. The van der Waals surface area contributed by atoms with Gasteiger partial charge < -0.3 is 9.64 Å². The van der Waals surface area contributed by atoms with Crippen molar-refractivity contribution in [1.29, 1.82) is 0 Å². The topological polar surface area (TPSA) is 50.6 Å². The highest BCUT2D eigenvalue weighted by atomic mass is 16.5. The maximum Gasteiger partial charge on any atom is 0.260 e. The number of hydrogen-bond donors (Lipinski definition) is 0. The molecule has 25 heavy (non-hydrogen) atoms. The fourth-order valence-electron chi connectivity index (χ4n) is 2.92. The molecular weight excluding hydrogens is 316 g/mol. The highest BCUT2D eigenvalue weighted by Crippen LogP contribution is 2.16. The van der Waals surface area contributed by atoms with Crippen molar-refractivity contribution in [1.82, 2.24) is 19.6 Å². The number of nitrogens with zero attached hydrogens (tertiary/aromatic N) is 4. The zero-order valence-electron chi connectivity index (χ0n) is 14.6. The molecule has 2 aromatic rings. The summed E-state index contributed by atoms with van der Waals surface area (Å²) in [6.07, 6.45) is 5.50. The SMILES string of the molecule is C=Cn1cc(CN2CCN(C(=O)COc3ccccc3C)CC2)cn1. The van der Waals surface area contributed by atoms with Crippen LogP contribution in [0.25, 0.3) is 6.20 Å². The van der Waals surface area contributed by atoms with E-state index in [-0.39, 0.29) is 12.5 Å². The van der Waals surface area contributed by atoms with Gasteiger partial charge >= 0.3 is 0 Å². The quantitative estimate of drug-likeness (QED) is 0.807. The van der Waals surface area contributed by atoms with E-state index in [4.69, 9.17) is 4.74 Å². The van der Waals surface area contributed by atoms with Gasteiger partial charge in [-0.2, -0.15) is 5.10 Å². The summed E-state index contributed by atoms with van der Waals surface area (Å²) in [5, 5.41) is 4.19. The number of hydrogen-bond acceptors (Lipinski definition) is 4. The van der Waals surface area contributed by atoms with Gasteiger partial charge in [0.25, 0.3) is 5.91 Å². The third-order valence-corrected chi connectivity index (χ3v) is 4.42. The van der Waals surface area contributed by atoms with Gasteiger partial charge in [0.2, 0.25) is 0 Å². The molecule has 0 saturated carbocycles. The molecule has 1 aromatic heterocycles. The summed E-state index contributed by atoms with van der Waals surface area (Å²) in [5.74, 6) is 0.816. The van der Waals surface area contributed by atoms with Gasteiger partial charge in [-0.25, -0.2) is 4.68 Å². The van der Waals surface area contributed by atoms with E-state index < -0.39 is 0 Å². The van der Waals surface area contributed by atoms with Crippen molar-refractivity contribution in [3.05, 3.63) is 54.4 Å². The first-order chi connectivity index (χ1) is 12.2. The van der Waals surface area contributed by atoms with Crippen molar-refractivity contribution in [2.75, 3.05) is 32.8 Å². The highest BCUT2D eigenvalue weighted by Gasteiger charge is 2.21. The molecule has 1 saturated heterocycles. The number of para-hydroxylation sites is 1. The first-order valence-corrected chi connectivity index (χ1v) is 8.50. The smallest absolute Gasteiger partial charge is 0.260 e. The lowest BCUT2D eigenvalue weighted by molar-refractivity contribution is -0.135. The van der Waals surface area contributed by atoms with Gasteiger partial charge in [0, 0.05) is 50.7 Å². The maximum atomic E-state index is 12.3. The van der Waals surface area contributed by atoms with Crippen LogP contribution in [0.1, 0.15) is 11.1 Å². The van der Waals surface area contributed by atoms with E-state index in [0.29, 0.717) is 0 Å². The molecule has 6 heteroatoms. The summed E-state index contributed by atoms with van der Waals surface area (Å²) in [5.41, 5.74) is 2.20. The molecule has 0 spiro atoms. The van der Waals surface area contributed by atoms with E-state index in [1.807, 2.05) is 48.5 Å². The van der Waals surface area contributed by atoms with E-state index >= 15 is 0 Å². The summed E-state index contributed by atoms with van der Waals surface area (Å²) in [4.78, 5) is 16.6. The average Bonchev–Trinajstić information content (AvgIpc) is 3.09. The van der Waals surface area contributed by atoms with Crippen LogP contribution in [0.15, 0.2) is 43.2 Å². The van der Waals surface area contributed by atoms with Crippen molar-refractivity contribution in [3.63, 3.8) is 0 Å².